The van der Waals surface area contributed by atoms with Crippen molar-refractivity contribution in [1.82, 2.24) is 9.71 Å². The average Bonchev–Trinajstić information content (AvgIpc) is 2.36. The molecule has 0 aliphatic carbocycles. The predicted octanol–water partition coefficient (Wildman–Crippen LogP) is 0.654. The van der Waals surface area contributed by atoms with Gasteiger partial charge in [-0.1, -0.05) is 0 Å². The lowest BCUT2D eigenvalue weighted by molar-refractivity contribution is -0.146. The number of aliphatic carboxylic acids is 1. The fourth-order valence-electron chi connectivity index (χ4n) is 1.24. The van der Waals surface area contributed by atoms with Crippen LogP contribution in [0.4, 0.5) is 0 Å². The minimum absolute atomic E-state index is 0.0767. The van der Waals surface area contributed by atoms with Crippen LogP contribution in [-0.2, 0) is 21.2 Å². The van der Waals surface area contributed by atoms with Gasteiger partial charge in [0, 0.05) is 18.9 Å². The molecule has 0 amide bonds. The van der Waals surface area contributed by atoms with E-state index in [1.807, 2.05) is 0 Å². The Morgan fingerprint density at radius 2 is 1.95 bits per heavy atom. The van der Waals surface area contributed by atoms with E-state index in [0.717, 1.165) is 5.56 Å². The van der Waals surface area contributed by atoms with Crippen molar-refractivity contribution in [3.8, 4) is 0 Å². The fraction of sp³-hybridized carbons (Fsp3) is 0.500. The zero-order chi connectivity index (χ0) is 14.5. The predicted molar refractivity (Wildman–Crippen MR) is 71.1 cm³/mol. The van der Waals surface area contributed by atoms with Crippen LogP contribution >= 0.6 is 0 Å². The van der Waals surface area contributed by atoms with E-state index in [1.54, 1.807) is 24.5 Å². The molecule has 0 spiro atoms. The van der Waals surface area contributed by atoms with Crippen molar-refractivity contribution in [1.29, 1.82) is 0 Å². The summed E-state index contributed by atoms with van der Waals surface area (Å²) in [4.78, 5) is 14.7. The van der Waals surface area contributed by atoms with Crippen LogP contribution in [0.25, 0.3) is 0 Å². The summed E-state index contributed by atoms with van der Waals surface area (Å²) >= 11 is 0. The Bertz CT molecular complexity index is 526. The molecule has 0 aromatic carbocycles. The van der Waals surface area contributed by atoms with Crippen LogP contribution in [-0.4, -0.2) is 36.8 Å². The highest BCUT2D eigenvalue weighted by Crippen LogP contribution is 2.13. The van der Waals surface area contributed by atoms with Crippen LogP contribution in [0.5, 0.6) is 0 Å². The number of pyridine rings is 1. The standard InChI is InChI=1S/C12H18N2O4S/c1-12(2,11(15)16)9-14-19(17,18)8-5-10-3-6-13-7-4-10/h3-4,6-7,14H,5,8-9H2,1-2H3,(H,15,16). The Labute approximate surface area is 112 Å². The molecule has 0 fully saturated rings. The first-order valence-corrected chi connectivity index (χ1v) is 7.48. The first kappa shape index (κ1) is 15.6. The van der Waals surface area contributed by atoms with E-state index in [4.69, 9.17) is 5.11 Å². The zero-order valence-electron chi connectivity index (χ0n) is 11.0. The SMILES string of the molecule is CC(C)(CNS(=O)(=O)CCc1ccncc1)C(=O)O. The molecule has 1 aromatic rings. The maximum Gasteiger partial charge on any atom is 0.310 e. The van der Waals surface area contributed by atoms with E-state index in [9.17, 15) is 13.2 Å². The smallest absolute Gasteiger partial charge is 0.310 e. The summed E-state index contributed by atoms with van der Waals surface area (Å²) < 4.78 is 25.8. The number of hydrogen-bond acceptors (Lipinski definition) is 4. The second kappa shape index (κ2) is 6.12. The van der Waals surface area contributed by atoms with Crippen LogP contribution in [0.1, 0.15) is 19.4 Å². The number of sulfonamides is 1. The minimum Gasteiger partial charge on any atom is -0.481 e. The Kier molecular flexibility index (Phi) is 5.02. The van der Waals surface area contributed by atoms with E-state index in [1.165, 1.54) is 13.8 Å². The summed E-state index contributed by atoms with van der Waals surface area (Å²) in [5.74, 6) is -1.11. The number of aromatic nitrogens is 1. The van der Waals surface area contributed by atoms with Crippen molar-refractivity contribution >= 4 is 16.0 Å². The third-order valence-corrected chi connectivity index (χ3v) is 4.05. The molecule has 0 radical (unpaired) electrons. The molecule has 1 aromatic heterocycles. The van der Waals surface area contributed by atoms with E-state index >= 15 is 0 Å². The van der Waals surface area contributed by atoms with Gasteiger partial charge in [-0.25, -0.2) is 13.1 Å². The van der Waals surface area contributed by atoms with Gasteiger partial charge in [0.15, 0.2) is 0 Å². The second-order valence-corrected chi connectivity index (χ2v) is 6.86. The van der Waals surface area contributed by atoms with Crippen LogP contribution in [0, 0.1) is 5.41 Å². The Balaban J connectivity index is 2.51. The topological polar surface area (TPSA) is 96.4 Å². The maximum absolute atomic E-state index is 11.8. The van der Waals surface area contributed by atoms with Crippen molar-refractivity contribution in [2.24, 2.45) is 5.41 Å². The van der Waals surface area contributed by atoms with Gasteiger partial charge in [-0.05, 0) is 38.0 Å². The second-order valence-electron chi connectivity index (χ2n) is 4.93. The van der Waals surface area contributed by atoms with Crippen molar-refractivity contribution in [3.05, 3.63) is 30.1 Å². The number of carboxylic acid groups (broad SMARTS) is 1. The molecule has 19 heavy (non-hydrogen) atoms. The highest BCUT2D eigenvalue weighted by atomic mass is 32.2. The van der Waals surface area contributed by atoms with Gasteiger partial charge in [-0.2, -0.15) is 0 Å². The molecule has 0 aliphatic rings. The van der Waals surface area contributed by atoms with Crippen molar-refractivity contribution in [2.45, 2.75) is 20.3 Å². The monoisotopic (exact) mass is 286 g/mol. The van der Waals surface area contributed by atoms with Crippen LogP contribution in [0.3, 0.4) is 0 Å². The van der Waals surface area contributed by atoms with Gasteiger partial charge in [-0.15, -0.1) is 0 Å². The number of carbonyl (C=O) groups is 1. The summed E-state index contributed by atoms with van der Waals surface area (Å²) in [6.45, 7) is 2.82. The van der Waals surface area contributed by atoms with E-state index in [0.29, 0.717) is 6.42 Å². The number of nitrogens with one attached hydrogen (secondary N) is 1. The first-order chi connectivity index (χ1) is 8.73. The first-order valence-electron chi connectivity index (χ1n) is 5.82. The summed E-state index contributed by atoms with van der Waals surface area (Å²) in [7, 11) is -3.48. The van der Waals surface area contributed by atoms with Crippen LogP contribution in [0.2, 0.25) is 0 Å². The maximum atomic E-state index is 11.8. The Morgan fingerprint density at radius 3 is 2.47 bits per heavy atom. The molecule has 7 heteroatoms. The third-order valence-electron chi connectivity index (χ3n) is 2.72. The molecule has 6 nitrogen and oxygen atoms in total. The van der Waals surface area contributed by atoms with Gasteiger partial charge in [0.2, 0.25) is 10.0 Å². The van der Waals surface area contributed by atoms with Crippen molar-refractivity contribution < 1.29 is 18.3 Å². The molecule has 1 rings (SSSR count). The minimum atomic E-state index is -3.48. The average molecular weight is 286 g/mol. The molecule has 0 aliphatic heterocycles. The van der Waals surface area contributed by atoms with Gasteiger partial charge in [0.25, 0.3) is 0 Å². The zero-order valence-corrected chi connectivity index (χ0v) is 11.8. The fourth-order valence-corrected chi connectivity index (χ4v) is 2.47. The molecule has 0 saturated carbocycles. The molecule has 0 bridgehead atoms. The summed E-state index contributed by atoms with van der Waals surface area (Å²) in [6.07, 6.45) is 3.57. The Morgan fingerprint density at radius 1 is 1.37 bits per heavy atom. The molecule has 0 atom stereocenters. The Hall–Kier alpha value is -1.47. The van der Waals surface area contributed by atoms with Crippen LogP contribution in [0.15, 0.2) is 24.5 Å². The molecule has 106 valence electrons. The van der Waals surface area contributed by atoms with Gasteiger partial charge in [-0.3, -0.25) is 9.78 Å². The summed E-state index contributed by atoms with van der Waals surface area (Å²) in [6, 6.07) is 3.49. The number of carboxylic acids is 1. The highest BCUT2D eigenvalue weighted by molar-refractivity contribution is 7.89. The molecular formula is C12H18N2O4S. The van der Waals surface area contributed by atoms with Gasteiger partial charge in [0.05, 0.1) is 11.2 Å². The number of nitrogens with zero attached hydrogens (tertiary/aromatic N) is 1. The summed E-state index contributed by atoms with van der Waals surface area (Å²) in [5, 5.41) is 8.90. The quantitative estimate of drug-likeness (QED) is 0.767. The lowest BCUT2D eigenvalue weighted by Crippen LogP contribution is -2.40. The van der Waals surface area contributed by atoms with Gasteiger partial charge >= 0.3 is 5.97 Å². The third kappa shape index (κ3) is 5.35. The van der Waals surface area contributed by atoms with E-state index < -0.39 is 21.4 Å². The molecule has 2 N–H and O–H groups in total. The highest BCUT2D eigenvalue weighted by Gasteiger charge is 2.28. The molecular weight excluding hydrogens is 268 g/mol. The van der Waals surface area contributed by atoms with Gasteiger partial charge < -0.3 is 5.11 Å². The number of rotatable bonds is 7. The number of aryl methyl sites for hydroxylation is 1. The lowest BCUT2D eigenvalue weighted by Gasteiger charge is -2.19. The van der Waals surface area contributed by atoms with E-state index in [2.05, 4.69) is 9.71 Å². The molecule has 1 heterocycles. The van der Waals surface area contributed by atoms with Gasteiger partial charge in [0.1, 0.15) is 0 Å². The van der Waals surface area contributed by atoms with Crippen molar-refractivity contribution in [3.63, 3.8) is 0 Å². The lowest BCUT2D eigenvalue weighted by atomic mass is 9.95. The molecule has 0 unspecified atom stereocenters. The summed E-state index contributed by atoms with van der Waals surface area (Å²) in [5.41, 5.74) is -0.248. The largest absolute Gasteiger partial charge is 0.481 e. The molecule has 0 saturated heterocycles. The van der Waals surface area contributed by atoms with Crippen LogP contribution < -0.4 is 4.72 Å². The van der Waals surface area contributed by atoms with E-state index in [-0.39, 0.29) is 12.3 Å². The van der Waals surface area contributed by atoms with Crippen molar-refractivity contribution in [2.75, 3.05) is 12.3 Å². The number of hydrogen-bond donors (Lipinski definition) is 2. The normalized spacial score (nSPS) is 12.3.